The van der Waals surface area contributed by atoms with Gasteiger partial charge in [0.25, 0.3) is 0 Å². The van der Waals surface area contributed by atoms with Crippen LogP contribution in [-0.2, 0) is 24.2 Å². The number of aromatic nitrogens is 4. The van der Waals surface area contributed by atoms with E-state index in [2.05, 4.69) is 32.1 Å². The van der Waals surface area contributed by atoms with E-state index in [0.29, 0.717) is 28.2 Å². The molecule has 2 aromatic rings. The molecule has 3 aliphatic carbocycles. The number of methoxy groups -OCH3 is 1. The van der Waals surface area contributed by atoms with E-state index in [1.807, 2.05) is 14.0 Å². The third kappa shape index (κ3) is 4.52. The standard InChI is InChI=1S/C27H42N8O/c1-18(28)23-24(29-4)25(32-20(3)31-23)34-14-6-22-21(16-34)19(2)33-35(22)17-26-7-10-27(11-8-26,12-9-26)30-13-15-36-5/h28-30H,6-17H2,1-5H3. The van der Waals surface area contributed by atoms with E-state index in [1.54, 1.807) is 14.0 Å². The molecule has 0 unspecified atom stereocenters. The van der Waals surface area contributed by atoms with E-state index in [0.717, 1.165) is 56.4 Å². The summed E-state index contributed by atoms with van der Waals surface area (Å²) in [5.41, 5.74) is 6.55. The zero-order chi connectivity index (χ0) is 25.5. The van der Waals surface area contributed by atoms with E-state index < -0.39 is 0 Å². The minimum atomic E-state index is 0.328. The van der Waals surface area contributed by atoms with Crippen molar-refractivity contribution in [2.24, 2.45) is 5.41 Å². The lowest BCUT2D eigenvalue weighted by Gasteiger charge is -2.54. The molecule has 3 N–H and O–H groups in total. The average molecular weight is 495 g/mol. The first-order chi connectivity index (χ1) is 17.3. The van der Waals surface area contributed by atoms with Gasteiger partial charge in [0, 0.05) is 63.6 Å². The summed E-state index contributed by atoms with van der Waals surface area (Å²) in [6.45, 7) is 10.3. The third-order valence-electron chi connectivity index (χ3n) is 8.93. The molecular weight excluding hydrogens is 452 g/mol. The summed E-state index contributed by atoms with van der Waals surface area (Å²) in [6, 6.07) is 0. The van der Waals surface area contributed by atoms with Crippen LogP contribution in [0, 0.1) is 24.7 Å². The van der Waals surface area contributed by atoms with Crippen molar-refractivity contribution in [2.45, 2.75) is 84.3 Å². The number of anilines is 2. The van der Waals surface area contributed by atoms with Gasteiger partial charge in [-0.1, -0.05) is 0 Å². The molecule has 0 spiro atoms. The first-order valence-electron chi connectivity index (χ1n) is 13.4. The maximum atomic E-state index is 8.19. The van der Waals surface area contributed by atoms with Crippen LogP contribution in [-0.4, -0.2) is 64.9 Å². The van der Waals surface area contributed by atoms with Crippen molar-refractivity contribution in [3.05, 3.63) is 28.5 Å². The lowest BCUT2D eigenvalue weighted by Crippen LogP contribution is -2.56. The highest BCUT2D eigenvalue weighted by molar-refractivity contribution is 6.01. The first kappa shape index (κ1) is 25.1. The van der Waals surface area contributed by atoms with Crippen LogP contribution in [0.1, 0.15) is 73.9 Å². The highest BCUT2D eigenvalue weighted by Crippen LogP contribution is 2.53. The van der Waals surface area contributed by atoms with Crippen LogP contribution >= 0.6 is 0 Å². The Labute approximate surface area is 214 Å². The van der Waals surface area contributed by atoms with Gasteiger partial charge in [-0.05, 0) is 64.7 Å². The Morgan fingerprint density at radius 2 is 1.83 bits per heavy atom. The van der Waals surface area contributed by atoms with E-state index in [-0.39, 0.29) is 0 Å². The van der Waals surface area contributed by atoms with Crippen LogP contribution < -0.4 is 15.5 Å². The van der Waals surface area contributed by atoms with Crippen LogP contribution in [0.4, 0.5) is 11.5 Å². The molecule has 6 rings (SSSR count). The Kier molecular flexibility index (Phi) is 6.80. The van der Waals surface area contributed by atoms with Crippen LogP contribution in [0.3, 0.4) is 0 Å². The summed E-state index contributed by atoms with van der Waals surface area (Å²) in [5.74, 6) is 1.59. The molecule has 3 saturated carbocycles. The minimum Gasteiger partial charge on any atom is -0.383 e. The van der Waals surface area contributed by atoms with E-state index in [1.165, 1.54) is 49.8 Å². The predicted molar refractivity (Wildman–Crippen MR) is 143 cm³/mol. The molecule has 0 atom stereocenters. The molecule has 0 saturated heterocycles. The minimum absolute atomic E-state index is 0.328. The normalized spacial score (nSPS) is 25.2. The molecule has 4 aliphatic rings. The summed E-state index contributed by atoms with van der Waals surface area (Å²) in [5, 5.41) is 20.4. The first-order valence-corrected chi connectivity index (χ1v) is 13.4. The Hall–Kier alpha value is -2.52. The molecule has 3 fully saturated rings. The maximum absolute atomic E-state index is 8.19. The van der Waals surface area contributed by atoms with Gasteiger partial charge in [-0.2, -0.15) is 5.10 Å². The third-order valence-corrected chi connectivity index (χ3v) is 8.93. The fourth-order valence-corrected chi connectivity index (χ4v) is 6.76. The quantitative estimate of drug-likeness (QED) is 0.361. The Morgan fingerprint density at radius 1 is 1.11 bits per heavy atom. The van der Waals surface area contributed by atoms with Crippen LogP contribution in [0.5, 0.6) is 0 Å². The van der Waals surface area contributed by atoms with Crippen molar-refractivity contribution in [3.8, 4) is 0 Å². The number of ether oxygens (including phenoxy) is 1. The monoisotopic (exact) mass is 494 g/mol. The van der Waals surface area contributed by atoms with E-state index >= 15 is 0 Å². The van der Waals surface area contributed by atoms with Crippen molar-refractivity contribution in [3.63, 3.8) is 0 Å². The highest BCUT2D eigenvalue weighted by atomic mass is 16.5. The zero-order valence-electron chi connectivity index (χ0n) is 22.6. The topological polar surface area (TPSA) is 104 Å². The average Bonchev–Trinajstić information content (AvgIpc) is 3.18. The van der Waals surface area contributed by atoms with Crippen molar-refractivity contribution in [1.82, 2.24) is 25.1 Å². The molecule has 36 heavy (non-hydrogen) atoms. The zero-order valence-corrected chi connectivity index (χ0v) is 22.6. The largest absolute Gasteiger partial charge is 0.383 e. The molecule has 3 heterocycles. The van der Waals surface area contributed by atoms with Crippen LogP contribution in [0.15, 0.2) is 0 Å². The summed E-state index contributed by atoms with van der Waals surface area (Å²) >= 11 is 0. The van der Waals surface area contributed by atoms with Gasteiger partial charge in [0.1, 0.15) is 17.2 Å². The molecule has 2 aromatic heterocycles. The second-order valence-electron chi connectivity index (χ2n) is 11.2. The van der Waals surface area contributed by atoms with Gasteiger partial charge in [0.15, 0.2) is 5.82 Å². The summed E-state index contributed by atoms with van der Waals surface area (Å²) in [6.07, 6.45) is 8.60. The summed E-state index contributed by atoms with van der Waals surface area (Å²) in [4.78, 5) is 11.6. The number of hydrogen-bond acceptors (Lipinski definition) is 8. The highest BCUT2D eigenvalue weighted by Gasteiger charge is 2.48. The molecule has 9 heteroatoms. The number of aryl methyl sites for hydroxylation is 2. The second-order valence-corrected chi connectivity index (χ2v) is 11.2. The smallest absolute Gasteiger partial charge is 0.156 e. The number of nitrogens with one attached hydrogen (secondary N) is 3. The van der Waals surface area contributed by atoms with Crippen molar-refractivity contribution < 1.29 is 4.74 Å². The van der Waals surface area contributed by atoms with Gasteiger partial charge in [0.05, 0.1) is 18.0 Å². The van der Waals surface area contributed by atoms with Gasteiger partial charge in [-0.3, -0.25) is 4.68 Å². The maximum Gasteiger partial charge on any atom is 0.156 e. The number of hydrogen-bond donors (Lipinski definition) is 3. The molecule has 2 bridgehead atoms. The van der Waals surface area contributed by atoms with Crippen LogP contribution in [0.25, 0.3) is 0 Å². The Balaban J connectivity index is 1.33. The van der Waals surface area contributed by atoms with Gasteiger partial charge in [-0.25, -0.2) is 9.97 Å². The van der Waals surface area contributed by atoms with E-state index in [4.69, 9.17) is 20.2 Å². The van der Waals surface area contributed by atoms with E-state index in [9.17, 15) is 0 Å². The number of nitrogens with zero attached hydrogens (tertiary/aromatic N) is 5. The predicted octanol–water partition coefficient (Wildman–Crippen LogP) is 3.61. The summed E-state index contributed by atoms with van der Waals surface area (Å²) < 4.78 is 7.62. The van der Waals surface area contributed by atoms with Gasteiger partial charge in [-0.15, -0.1) is 0 Å². The molecule has 196 valence electrons. The van der Waals surface area contributed by atoms with Crippen LogP contribution in [0.2, 0.25) is 0 Å². The summed E-state index contributed by atoms with van der Waals surface area (Å²) in [7, 11) is 3.67. The van der Waals surface area contributed by atoms with Crippen molar-refractivity contribution in [2.75, 3.05) is 44.1 Å². The van der Waals surface area contributed by atoms with Crippen molar-refractivity contribution >= 4 is 17.2 Å². The molecular formula is C27H42N8O. The lowest BCUT2D eigenvalue weighted by molar-refractivity contribution is 0.00497. The molecule has 1 aliphatic heterocycles. The SMILES string of the molecule is CNc1c(C(C)=N)nc(C)nc1N1CCc2c(c(C)nn2CC23CCC(NCCOC)(CC2)CC3)C1. The molecule has 0 radical (unpaired) electrons. The fraction of sp³-hybridized carbons (Fsp3) is 0.704. The molecule has 0 amide bonds. The number of rotatable bonds is 9. The van der Waals surface area contributed by atoms with Crippen molar-refractivity contribution in [1.29, 1.82) is 5.41 Å². The Bertz CT molecular complexity index is 1110. The molecule has 0 aromatic carbocycles. The fourth-order valence-electron chi connectivity index (χ4n) is 6.76. The molecule has 9 nitrogen and oxygen atoms in total. The van der Waals surface area contributed by atoms with Gasteiger partial charge < -0.3 is 25.7 Å². The second kappa shape index (κ2) is 9.74. The Morgan fingerprint density at radius 3 is 2.47 bits per heavy atom. The number of fused-ring (bicyclic) bond motifs is 4. The van der Waals surface area contributed by atoms with Gasteiger partial charge in [0.2, 0.25) is 0 Å². The van der Waals surface area contributed by atoms with Gasteiger partial charge >= 0.3 is 0 Å². The lowest BCUT2D eigenvalue weighted by atomic mass is 9.57.